The van der Waals surface area contributed by atoms with E-state index in [1.54, 1.807) is 19.2 Å². The number of benzene rings is 2. The van der Waals surface area contributed by atoms with Crippen molar-refractivity contribution in [3.8, 4) is 5.75 Å². The first-order valence-corrected chi connectivity index (χ1v) is 12.2. The molecule has 0 aliphatic heterocycles. The quantitative estimate of drug-likeness (QED) is 0.672. The van der Waals surface area contributed by atoms with Gasteiger partial charge in [-0.1, -0.05) is 43.0 Å². The standard InChI is InChI=1S/C23H28ClNO3S/c1-28-21-12-8-18(24)15-17(21)7-11-20-22(23(20)13-3-2-4-14-23)16-5-9-19(10-6-16)29(25,26)27/h5-6,8-10,12,15,20,22H,2-4,7,11,13-14H2,1H3,(H2,25,26,27). The molecule has 2 aliphatic rings. The summed E-state index contributed by atoms with van der Waals surface area (Å²) in [5.41, 5.74) is 2.75. The van der Waals surface area contributed by atoms with E-state index in [-0.39, 0.29) is 4.90 Å². The number of aryl methyl sites for hydroxylation is 1. The Morgan fingerprint density at radius 1 is 1.10 bits per heavy atom. The van der Waals surface area contributed by atoms with Crippen LogP contribution < -0.4 is 9.88 Å². The molecular formula is C23H28ClNO3S. The van der Waals surface area contributed by atoms with Crippen molar-refractivity contribution in [1.82, 2.24) is 0 Å². The van der Waals surface area contributed by atoms with Gasteiger partial charge in [-0.3, -0.25) is 0 Å². The maximum absolute atomic E-state index is 11.6. The van der Waals surface area contributed by atoms with Crippen molar-refractivity contribution in [2.75, 3.05) is 7.11 Å². The second-order valence-electron chi connectivity index (χ2n) is 8.49. The minimum Gasteiger partial charge on any atom is -0.496 e. The second kappa shape index (κ2) is 7.93. The van der Waals surface area contributed by atoms with Crippen LogP contribution in [0.5, 0.6) is 5.75 Å². The summed E-state index contributed by atoms with van der Waals surface area (Å²) in [5.74, 6) is 1.98. The highest BCUT2D eigenvalue weighted by Gasteiger charge is 2.63. The monoisotopic (exact) mass is 433 g/mol. The largest absolute Gasteiger partial charge is 0.496 e. The van der Waals surface area contributed by atoms with Crippen molar-refractivity contribution in [1.29, 1.82) is 0 Å². The van der Waals surface area contributed by atoms with Crippen LogP contribution in [0, 0.1) is 11.3 Å². The zero-order valence-electron chi connectivity index (χ0n) is 16.7. The third kappa shape index (κ3) is 4.05. The Kier molecular flexibility index (Phi) is 5.66. The number of methoxy groups -OCH3 is 1. The van der Waals surface area contributed by atoms with Gasteiger partial charge in [-0.15, -0.1) is 0 Å². The lowest BCUT2D eigenvalue weighted by Crippen LogP contribution is -2.12. The van der Waals surface area contributed by atoms with Crippen LogP contribution in [-0.4, -0.2) is 15.5 Å². The van der Waals surface area contributed by atoms with Crippen LogP contribution in [0.2, 0.25) is 5.02 Å². The Labute approximate surface area is 178 Å². The molecule has 0 amide bonds. The van der Waals surface area contributed by atoms with Crippen molar-refractivity contribution < 1.29 is 13.2 Å². The van der Waals surface area contributed by atoms with E-state index in [2.05, 4.69) is 0 Å². The van der Waals surface area contributed by atoms with Gasteiger partial charge in [0.05, 0.1) is 12.0 Å². The fourth-order valence-corrected chi connectivity index (χ4v) is 6.32. The third-order valence-corrected chi connectivity index (χ3v) is 8.13. The summed E-state index contributed by atoms with van der Waals surface area (Å²) in [7, 11) is -1.96. The smallest absolute Gasteiger partial charge is 0.238 e. The van der Waals surface area contributed by atoms with Crippen LogP contribution in [0.25, 0.3) is 0 Å². The van der Waals surface area contributed by atoms with Crippen molar-refractivity contribution in [3.63, 3.8) is 0 Å². The summed E-state index contributed by atoms with van der Waals surface area (Å²) >= 11 is 6.21. The van der Waals surface area contributed by atoms with Crippen LogP contribution in [-0.2, 0) is 16.4 Å². The summed E-state index contributed by atoms with van der Waals surface area (Å²) in [6.45, 7) is 0. The molecule has 2 aromatic carbocycles. The number of hydrogen-bond acceptors (Lipinski definition) is 3. The van der Waals surface area contributed by atoms with Gasteiger partial charge in [-0.2, -0.15) is 0 Å². The molecule has 0 saturated heterocycles. The maximum Gasteiger partial charge on any atom is 0.238 e. The molecule has 0 radical (unpaired) electrons. The van der Waals surface area contributed by atoms with E-state index in [1.165, 1.54) is 37.7 Å². The van der Waals surface area contributed by atoms with Gasteiger partial charge in [-0.25, -0.2) is 13.6 Å². The fourth-order valence-electron chi connectivity index (χ4n) is 5.61. The molecule has 29 heavy (non-hydrogen) atoms. The number of rotatable bonds is 6. The van der Waals surface area contributed by atoms with Crippen LogP contribution in [0.1, 0.15) is 55.6 Å². The summed E-state index contributed by atoms with van der Waals surface area (Å²) < 4.78 is 28.7. The van der Waals surface area contributed by atoms with Crippen LogP contribution in [0.3, 0.4) is 0 Å². The first kappa shape index (κ1) is 20.7. The Bertz CT molecular complexity index is 982. The molecule has 0 heterocycles. The first-order chi connectivity index (χ1) is 13.8. The predicted molar refractivity (Wildman–Crippen MR) is 116 cm³/mol. The molecule has 2 fully saturated rings. The number of hydrogen-bond donors (Lipinski definition) is 1. The van der Waals surface area contributed by atoms with Gasteiger partial charge in [0.25, 0.3) is 0 Å². The highest BCUT2D eigenvalue weighted by Crippen LogP contribution is 2.72. The molecule has 2 aromatic rings. The summed E-state index contributed by atoms with van der Waals surface area (Å²) in [5, 5.41) is 6.00. The van der Waals surface area contributed by atoms with Gasteiger partial charge < -0.3 is 4.74 Å². The molecule has 0 bridgehead atoms. The van der Waals surface area contributed by atoms with E-state index in [0.717, 1.165) is 29.2 Å². The molecule has 2 aliphatic carbocycles. The fraction of sp³-hybridized carbons (Fsp3) is 0.478. The van der Waals surface area contributed by atoms with Gasteiger partial charge in [0, 0.05) is 5.02 Å². The summed E-state index contributed by atoms with van der Waals surface area (Å²) in [6.07, 6.45) is 8.40. The van der Waals surface area contributed by atoms with Gasteiger partial charge in [-0.05, 0) is 84.4 Å². The minimum atomic E-state index is -3.66. The zero-order valence-corrected chi connectivity index (χ0v) is 18.3. The normalized spacial score (nSPS) is 23.1. The highest BCUT2D eigenvalue weighted by molar-refractivity contribution is 7.89. The van der Waals surface area contributed by atoms with Crippen LogP contribution in [0.15, 0.2) is 47.4 Å². The average Bonchev–Trinajstić information content (AvgIpc) is 3.31. The minimum absolute atomic E-state index is 0.180. The van der Waals surface area contributed by atoms with Gasteiger partial charge >= 0.3 is 0 Å². The highest BCUT2D eigenvalue weighted by atomic mass is 35.5. The van der Waals surface area contributed by atoms with Crippen LogP contribution in [0.4, 0.5) is 0 Å². The zero-order chi connectivity index (χ0) is 20.6. The molecule has 6 heteroatoms. The topological polar surface area (TPSA) is 69.4 Å². The molecule has 4 nitrogen and oxygen atoms in total. The first-order valence-electron chi connectivity index (χ1n) is 10.3. The Hall–Kier alpha value is -1.56. The molecule has 156 valence electrons. The van der Waals surface area contributed by atoms with Crippen LogP contribution >= 0.6 is 11.6 Å². The lowest BCUT2D eigenvalue weighted by atomic mass is 9.81. The van der Waals surface area contributed by atoms with Crippen molar-refractivity contribution in [2.45, 2.75) is 55.8 Å². The molecule has 0 aromatic heterocycles. The number of primary sulfonamides is 1. The van der Waals surface area contributed by atoms with E-state index >= 15 is 0 Å². The summed E-state index contributed by atoms with van der Waals surface area (Å²) in [4.78, 5) is 0.180. The number of halogens is 1. The number of ether oxygens (including phenoxy) is 1. The molecular weight excluding hydrogens is 406 g/mol. The van der Waals surface area contributed by atoms with E-state index in [1.807, 2.05) is 30.3 Å². The van der Waals surface area contributed by atoms with Gasteiger partial charge in [0.15, 0.2) is 0 Å². The van der Waals surface area contributed by atoms with E-state index in [0.29, 0.717) is 17.3 Å². The van der Waals surface area contributed by atoms with Crippen molar-refractivity contribution in [3.05, 3.63) is 58.6 Å². The molecule has 1 spiro atoms. The van der Waals surface area contributed by atoms with E-state index in [9.17, 15) is 8.42 Å². The Balaban J connectivity index is 1.56. The molecule has 2 unspecified atom stereocenters. The van der Waals surface area contributed by atoms with Gasteiger partial charge in [0.1, 0.15) is 5.75 Å². The molecule has 4 rings (SSSR count). The molecule has 2 N–H and O–H groups in total. The van der Waals surface area contributed by atoms with Crippen molar-refractivity contribution >= 4 is 21.6 Å². The Morgan fingerprint density at radius 3 is 2.41 bits per heavy atom. The number of sulfonamides is 1. The lowest BCUT2D eigenvalue weighted by molar-refractivity contribution is 0.297. The maximum atomic E-state index is 11.6. The molecule has 2 saturated carbocycles. The SMILES string of the molecule is COc1ccc(Cl)cc1CCC1C(c2ccc(S(N)(=O)=O)cc2)C12CCCCC2. The second-order valence-corrected chi connectivity index (χ2v) is 10.5. The van der Waals surface area contributed by atoms with E-state index in [4.69, 9.17) is 21.5 Å². The number of nitrogens with two attached hydrogens (primary N) is 1. The predicted octanol–water partition coefficient (Wildman–Crippen LogP) is 5.29. The van der Waals surface area contributed by atoms with E-state index < -0.39 is 10.0 Å². The third-order valence-electron chi connectivity index (χ3n) is 6.97. The van der Waals surface area contributed by atoms with Crippen molar-refractivity contribution in [2.24, 2.45) is 16.5 Å². The lowest BCUT2D eigenvalue weighted by Gasteiger charge is -2.24. The van der Waals surface area contributed by atoms with Gasteiger partial charge in [0.2, 0.25) is 10.0 Å². The Morgan fingerprint density at radius 2 is 1.79 bits per heavy atom. The average molecular weight is 434 g/mol. The summed E-state index contributed by atoms with van der Waals surface area (Å²) in [6, 6.07) is 13.0. The molecule has 2 atom stereocenters.